The van der Waals surface area contributed by atoms with E-state index in [0.29, 0.717) is 0 Å². The molecule has 0 unspecified atom stereocenters. The average molecular weight is 262 g/mol. The van der Waals surface area contributed by atoms with E-state index in [1.807, 2.05) is 31.2 Å². The minimum Gasteiger partial charge on any atom is -0.388 e. The first-order chi connectivity index (χ1) is 9.11. The fraction of sp³-hybridized carbons (Fsp3) is 0.533. The molecule has 1 fully saturated rings. The van der Waals surface area contributed by atoms with Crippen molar-refractivity contribution in [3.05, 3.63) is 29.8 Å². The predicted molar refractivity (Wildman–Crippen MR) is 75.8 cm³/mol. The molecule has 0 spiro atoms. The molecule has 1 atom stereocenters. The van der Waals surface area contributed by atoms with Gasteiger partial charge in [0.25, 0.3) is 0 Å². The normalized spacial score (nSPS) is 18.3. The van der Waals surface area contributed by atoms with Gasteiger partial charge in [0, 0.05) is 24.7 Å². The molecule has 104 valence electrons. The molecule has 4 heteroatoms. The Labute approximate surface area is 114 Å². The second-order valence-corrected chi connectivity index (χ2v) is 5.18. The maximum atomic E-state index is 11.1. The van der Waals surface area contributed by atoms with Gasteiger partial charge in [0.2, 0.25) is 5.91 Å². The Morgan fingerprint density at radius 1 is 1.37 bits per heavy atom. The van der Waals surface area contributed by atoms with E-state index in [0.717, 1.165) is 43.6 Å². The van der Waals surface area contributed by atoms with Crippen LogP contribution in [-0.4, -0.2) is 24.1 Å². The van der Waals surface area contributed by atoms with Gasteiger partial charge < -0.3 is 15.7 Å². The summed E-state index contributed by atoms with van der Waals surface area (Å²) in [5, 5.41) is 9.76. The SMILES string of the molecule is CC[C@H](O)c1ccc(N2CCC(C(N)=O)CC2)cc1. The van der Waals surface area contributed by atoms with Crippen LogP contribution in [0, 0.1) is 5.92 Å². The number of anilines is 1. The Balaban J connectivity index is 1.98. The van der Waals surface area contributed by atoms with Crippen molar-refractivity contribution >= 4 is 11.6 Å². The van der Waals surface area contributed by atoms with Gasteiger partial charge in [-0.1, -0.05) is 19.1 Å². The van der Waals surface area contributed by atoms with E-state index in [9.17, 15) is 9.90 Å². The molecule has 0 bridgehead atoms. The maximum absolute atomic E-state index is 11.1. The Morgan fingerprint density at radius 3 is 2.42 bits per heavy atom. The monoisotopic (exact) mass is 262 g/mol. The Morgan fingerprint density at radius 2 is 1.95 bits per heavy atom. The van der Waals surface area contributed by atoms with Crippen LogP contribution >= 0.6 is 0 Å². The van der Waals surface area contributed by atoms with E-state index < -0.39 is 0 Å². The number of amides is 1. The van der Waals surface area contributed by atoms with Gasteiger partial charge in [-0.05, 0) is 37.0 Å². The number of nitrogens with zero attached hydrogens (tertiary/aromatic N) is 1. The number of hydrogen-bond acceptors (Lipinski definition) is 3. The van der Waals surface area contributed by atoms with Crippen LogP contribution in [0.25, 0.3) is 0 Å². The zero-order chi connectivity index (χ0) is 13.8. The third kappa shape index (κ3) is 3.26. The molecule has 19 heavy (non-hydrogen) atoms. The number of nitrogens with two attached hydrogens (primary N) is 1. The second-order valence-electron chi connectivity index (χ2n) is 5.18. The number of rotatable bonds is 4. The largest absolute Gasteiger partial charge is 0.388 e. The molecule has 3 N–H and O–H groups in total. The van der Waals surface area contributed by atoms with Crippen molar-refractivity contribution in [1.29, 1.82) is 0 Å². The fourth-order valence-corrected chi connectivity index (χ4v) is 2.57. The van der Waals surface area contributed by atoms with Crippen molar-refractivity contribution < 1.29 is 9.90 Å². The number of carbonyl (C=O) groups is 1. The van der Waals surface area contributed by atoms with E-state index in [4.69, 9.17) is 5.73 Å². The van der Waals surface area contributed by atoms with Gasteiger partial charge in [-0.2, -0.15) is 0 Å². The van der Waals surface area contributed by atoms with Crippen molar-refractivity contribution in [2.45, 2.75) is 32.3 Å². The van der Waals surface area contributed by atoms with Gasteiger partial charge in [-0.15, -0.1) is 0 Å². The smallest absolute Gasteiger partial charge is 0.220 e. The Kier molecular flexibility index (Phi) is 4.43. The van der Waals surface area contributed by atoms with Crippen LogP contribution in [0.5, 0.6) is 0 Å². The van der Waals surface area contributed by atoms with Crippen molar-refractivity contribution in [3.8, 4) is 0 Å². The number of aliphatic hydroxyl groups is 1. The number of aliphatic hydroxyl groups excluding tert-OH is 1. The van der Waals surface area contributed by atoms with E-state index in [1.165, 1.54) is 0 Å². The lowest BCUT2D eigenvalue weighted by Crippen LogP contribution is -2.38. The highest BCUT2D eigenvalue weighted by Gasteiger charge is 2.23. The first-order valence-electron chi connectivity index (χ1n) is 6.94. The lowest BCUT2D eigenvalue weighted by molar-refractivity contribution is -0.122. The molecule has 2 rings (SSSR count). The molecule has 1 aromatic carbocycles. The van der Waals surface area contributed by atoms with Crippen molar-refractivity contribution in [3.63, 3.8) is 0 Å². The molecular formula is C15H22N2O2. The van der Waals surface area contributed by atoms with E-state index >= 15 is 0 Å². The lowest BCUT2D eigenvalue weighted by Gasteiger charge is -2.32. The topological polar surface area (TPSA) is 66.6 Å². The van der Waals surface area contributed by atoms with E-state index in [1.54, 1.807) is 0 Å². The quantitative estimate of drug-likeness (QED) is 0.870. The molecular weight excluding hydrogens is 240 g/mol. The summed E-state index contributed by atoms with van der Waals surface area (Å²) in [4.78, 5) is 13.4. The molecule has 0 aliphatic carbocycles. The van der Waals surface area contributed by atoms with Gasteiger partial charge in [0.05, 0.1) is 6.10 Å². The molecule has 0 saturated carbocycles. The molecule has 1 amide bonds. The average Bonchev–Trinajstić information content (AvgIpc) is 2.46. The summed E-state index contributed by atoms with van der Waals surface area (Å²) in [6.07, 6.45) is 2.00. The van der Waals surface area contributed by atoms with Crippen LogP contribution in [0.2, 0.25) is 0 Å². The predicted octanol–water partition coefficient (Wildman–Crippen LogP) is 1.83. The van der Waals surface area contributed by atoms with Gasteiger partial charge in [0.15, 0.2) is 0 Å². The molecule has 4 nitrogen and oxygen atoms in total. The van der Waals surface area contributed by atoms with Crippen LogP contribution in [0.3, 0.4) is 0 Å². The van der Waals surface area contributed by atoms with E-state index in [-0.39, 0.29) is 17.9 Å². The number of piperidine rings is 1. The summed E-state index contributed by atoms with van der Waals surface area (Å²) < 4.78 is 0. The first kappa shape index (κ1) is 13.9. The molecule has 1 aliphatic rings. The second kappa shape index (κ2) is 6.06. The number of carbonyl (C=O) groups excluding carboxylic acids is 1. The van der Waals surface area contributed by atoms with Crippen LogP contribution in [0.1, 0.15) is 37.9 Å². The molecule has 1 aromatic rings. The van der Waals surface area contributed by atoms with Gasteiger partial charge >= 0.3 is 0 Å². The molecule has 0 radical (unpaired) electrons. The summed E-state index contributed by atoms with van der Waals surface area (Å²) in [6, 6.07) is 8.03. The van der Waals surface area contributed by atoms with Gasteiger partial charge in [-0.25, -0.2) is 0 Å². The molecule has 0 aromatic heterocycles. The Bertz CT molecular complexity index is 422. The van der Waals surface area contributed by atoms with Crippen molar-refractivity contribution in [1.82, 2.24) is 0 Å². The maximum Gasteiger partial charge on any atom is 0.220 e. The summed E-state index contributed by atoms with van der Waals surface area (Å²) >= 11 is 0. The van der Waals surface area contributed by atoms with Crippen LogP contribution in [-0.2, 0) is 4.79 Å². The standard InChI is InChI=1S/C15H22N2O2/c1-2-14(18)11-3-5-13(6-4-11)17-9-7-12(8-10-17)15(16)19/h3-6,12,14,18H,2,7-10H2,1H3,(H2,16,19)/t14-/m0/s1. The zero-order valence-electron chi connectivity index (χ0n) is 11.4. The lowest BCUT2D eigenvalue weighted by atomic mass is 9.96. The minimum atomic E-state index is -0.380. The van der Waals surface area contributed by atoms with Crippen LogP contribution < -0.4 is 10.6 Å². The van der Waals surface area contributed by atoms with E-state index in [2.05, 4.69) is 4.90 Å². The first-order valence-corrected chi connectivity index (χ1v) is 6.94. The van der Waals surface area contributed by atoms with Crippen molar-refractivity contribution in [2.24, 2.45) is 11.7 Å². The number of primary amides is 1. The number of hydrogen-bond donors (Lipinski definition) is 2. The summed E-state index contributed by atoms with van der Waals surface area (Å²) in [5.41, 5.74) is 7.44. The van der Waals surface area contributed by atoms with Gasteiger partial charge in [-0.3, -0.25) is 4.79 Å². The molecule has 1 saturated heterocycles. The third-order valence-electron chi connectivity index (χ3n) is 3.93. The Hall–Kier alpha value is -1.55. The third-order valence-corrected chi connectivity index (χ3v) is 3.93. The van der Waals surface area contributed by atoms with Crippen LogP contribution in [0.4, 0.5) is 5.69 Å². The highest BCUT2D eigenvalue weighted by Crippen LogP contribution is 2.25. The minimum absolute atomic E-state index is 0.0254. The zero-order valence-corrected chi connectivity index (χ0v) is 11.4. The number of benzene rings is 1. The summed E-state index contributed by atoms with van der Waals surface area (Å²) in [6.45, 7) is 3.69. The summed E-state index contributed by atoms with van der Waals surface area (Å²) in [7, 11) is 0. The molecule has 1 heterocycles. The van der Waals surface area contributed by atoms with Crippen molar-refractivity contribution in [2.75, 3.05) is 18.0 Å². The highest BCUT2D eigenvalue weighted by molar-refractivity contribution is 5.77. The van der Waals surface area contributed by atoms with Crippen LogP contribution in [0.15, 0.2) is 24.3 Å². The highest BCUT2D eigenvalue weighted by atomic mass is 16.3. The van der Waals surface area contributed by atoms with Gasteiger partial charge in [0.1, 0.15) is 0 Å². The summed E-state index contributed by atoms with van der Waals surface area (Å²) in [5.74, 6) is -0.154. The molecule has 1 aliphatic heterocycles. The fourth-order valence-electron chi connectivity index (χ4n) is 2.57.